The largest absolute Gasteiger partial charge is 0.325 e. The van der Waals surface area contributed by atoms with Crippen LogP contribution in [0, 0.1) is 0 Å². The van der Waals surface area contributed by atoms with Gasteiger partial charge in [-0.25, -0.2) is 13.4 Å². The normalized spacial score (nSPS) is 19.0. The quantitative estimate of drug-likeness (QED) is 0.851. The van der Waals surface area contributed by atoms with Gasteiger partial charge in [0.05, 0.1) is 21.5 Å². The molecule has 2 aromatic rings. The number of nitrogens with zero attached hydrogens (tertiary/aromatic N) is 2. The summed E-state index contributed by atoms with van der Waals surface area (Å²) in [6.45, 7) is 2.39. The lowest BCUT2D eigenvalue weighted by atomic mass is 10.2. The molecule has 1 aromatic heterocycles. The fraction of sp³-hybridized carbons (Fsp3) is 0.500. The maximum Gasteiger partial charge on any atom is 0.242 e. The van der Waals surface area contributed by atoms with Crippen LogP contribution in [0.1, 0.15) is 32.6 Å². The Morgan fingerprint density at radius 2 is 2.29 bits per heavy atom. The number of nitrogens with one attached hydrogen (secondary N) is 1. The molecular weight excluding hydrogens is 346 g/mol. The summed E-state index contributed by atoms with van der Waals surface area (Å²) >= 11 is 1.51. The summed E-state index contributed by atoms with van der Waals surface area (Å²) in [5.41, 5.74) is 3.33. The zero-order valence-electron chi connectivity index (χ0n) is 13.6. The van der Waals surface area contributed by atoms with Crippen molar-refractivity contribution in [2.45, 2.75) is 38.6 Å². The van der Waals surface area contributed by atoms with Gasteiger partial charge in [0.1, 0.15) is 6.04 Å². The first-order valence-electron chi connectivity index (χ1n) is 8.15. The van der Waals surface area contributed by atoms with Crippen LogP contribution in [0.3, 0.4) is 0 Å². The molecule has 1 amide bonds. The molecule has 1 atom stereocenters. The van der Waals surface area contributed by atoms with Gasteiger partial charge in [-0.2, -0.15) is 4.31 Å². The van der Waals surface area contributed by atoms with Crippen molar-refractivity contribution in [1.29, 1.82) is 0 Å². The van der Waals surface area contributed by atoms with Crippen LogP contribution in [0.5, 0.6) is 0 Å². The molecule has 3 rings (SSSR count). The van der Waals surface area contributed by atoms with Crippen molar-refractivity contribution >= 4 is 43.2 Å². The van der Waals surface area contributed by atoms with Crippen molar-refractivity contribution in [2.75, 3.05) is 17.6 Å². The standard InChI is InChI=1S/C16H21N3O3S2/c1-2-3-9-24(21,22)19-8-4-5-14(19)16(20)18-12-6-7-13-15(10-12)23-11-17-13/h6-7,10-11,14H,2-5,8-9H2,1H3,(H,18,20). The summed E-state index contributed by atoms with van der Waals surface area (Å²) in [6, 6.07) is 4.91. The number of hydrogen-bond donors (Lipinski definition) is 1. The summed E-state index contributed by atoms with van der Waals surface area (Å²) in [7, 11) is -3.37. The zero-order chi connectivity index (χ0) is 17.2. The maximum atomic E-state index is 12.6. The molecule has 6 nitrogen and oxygen atoms in total. The third-order valence-corrected chi connectivity index (χ3v) is 6.97. The van der Waals surface area contributed by atoms with Gasteiger partial charge in [-0.15, -0.1) is 11.3 Å². The van der Waals surface area contributed by atoms with Gasteiger partial charge in [0.25, 0.3) is 0 Å². The molecule has 8 heteroatoms. The molecule has 1 saturated heterocycles. The molecule has 1 aliphatic rings. The van der Waals surface area contributed by atoms with E-state index in [9.17, 15) is 13.2 Å². The highest BCUT2D eigenvalue weighted by Crippen LogP contribution is 2.25. The SMILES string of the molecule is CCCCS(=O)(=O)N1CCCC1C(=O)Nc1ccc2ncsc2c1. The Morgan fingerprint density at radius 1 is 1.46 bits per heavy atom. The van der Waals surface area contributed by atoms with Crippen molar-refractivity contribution in [3.63, 3.8) is 0 Å². The van der Waals surface area contributed by atoms with Crippen LogP contribution in [0.2, 0.25) is 0 Å². The molecule has 1 aromatic carbocycles. The Morgan fingerprint density at radius 3 is 3.08 bits per heavy atom. The highest BCUT2D eigenvalue weighted by Gasteiger charge is 2.38. The molecular formula is C16H21N3O3S2. The monoisotopic (exact) mass is 367 g/mol. The molecule has 1 N–H and O–H groups in total. The van der Waals surface area contributed by atoms with E-state index in [1.807, 2.05) is 19.1 Å². The number of rotatable bonds is 6. The lowest BCUT2D eigenvalue weighted by Gasteiger charge is -2.23. The molecule has 130 valence electrons. The number of benzene rings is 1. The molecule has 2 heterocycles. The van der Waals surface area contributed by atoms with E-state index in [4.69, 9.17) is 0 Å². The Hall–Kier alpha value is -1.51. The third-order valence-electron chi connectivity index (χ3n) is 4.22. The average molecular weight is 367 g/mol. The molecule has 1 aliphatic heterocycles. The van der Waals surface area contributed by atoms with Gasteiger partial charge in [0.15, 0.2) is 0 Å². The number of thiazole rings is 1. The van der Waals surface area contributed by atoms with Gasteiger partial charge >= 0.3 is 0 Å². The summed E-state index contributed by atoms with van der Waals surface area (Å²) < 4.78 is 27.2. The van der Waals surface area contributed by atoms with Crippen LogP contribution < -0.4 is 5.32 Å². The second kappa shape index (κ2) is 7.16. The van der Waals surface area contributed by atoms with Gasteiger partial charge < -0.3 is 5.32 Å². The number of unbranched alkanes of at least 4 members (excludes halogenated alkanes) is 1. The van der Waals surface area contributed by atoms with Crippen LogP contribution in [0.25, 0.3) is 10.2 Å². The fourth-order valence-corrected chi connectivity index (χ4v) is 5.54. The Balaban J connectivity index is 1.73. The van der Waals surface area contributed by atoms with E-state index in [0.29, 0.717) is 25.1 Å². The van der Waals surface area contributed by atoms with Crippen LogP contribution in [0.15, 0.2) is 23.7 Å². The third kappa shape index (κ3) is 3.60. The van der Waals surface area contributed by atoms with Gasteiger partial charge in [-0.1, -0.05) is 13.3 Å². The molecule has 0 bridgehead atoms. The summed E-state index contributed by atoms with van der Waals surface area (Å²) in [4.78, 5) is 16.8. The molecule has 0 spiro atoms. The number of sulfonamides is 1. The number of anilines is 1. The molecule has 0 saturated carbocycles. The first-order valence-corrected chi connectivity index (χ1v) is 10.6. The second-order valence-corrected chi connectivity index (χ2v) is 8.89. The van der Waals surface area contributed by atoms with E-state index < -0.39 is 16.1 Å². The number of hydrogen-bond acceptors (Lipinski definition) is 5. The van der Waals surface area contributed by atoms with Crippen molar-refractivity contribution in [1.82, 2.24) is 9.29 Å². The first-order chi connectivity index (χ1) is 11.5. The average Bonchev–Trinajstić information content (AvgIpc) is 3.21. The predicted octanol–water partition coefficient (Wildman–Crippen LogP) is 2.83. The van der Waals surface area contributed by atoms with E-state index in [0.717, 1.165) is 23.1 Å². The Kier molecular flexibility index (Phi) is 5.17. The number of aromatic nitrogens is 1. The summed E-state index contributed by atoms with van der Waals surface area (Å²) in [5, 5.41) is 2.86. The fourth-order valence-electron chi connectivity index (χ4n) is 2.94. The summed E-state index contributed by atoms with van der Waals surface area (Å²) in [5.74, 6) is -0.142. The minimum absolute atomic E-state index is 0.111. The lowest BCUT2D eigenvalue weighted by Crippen LogP contribution is -2.44. The highest BCUT2D eigenvalue weighted by molar-refractivity contribution is 7.89. The van der Waals surface area contributed by atoms with Crippen LogP contribution in [-0.2, 0) is 14.8 Å². The van der Waals surface area contributed by atoms with Crippen molar-refractivity contribution < 1.29 is 13.2 Å². The Bertz CT molecular complexity index is 832. The molecule has 0 aliphatic carbocycles. The smallest absolute Gasteiger partial charge is 0.242 e. The maximum absolute atomic E-state index is 12.6. The van der Waals surface area contributed by atoms with Crippen molar-refractivity contribution in [2.24, 2.45) is 0 Å². The highest BCUT2D eigenvalue weighted by atomic mass is 32.2. The molecule has 24 heavy (non-hydrogen) atoms. The minimum Gasteiger partial charge on any atom is -0.325 e. The van der Waals surface area contributed by atoms with Crippen LogP contribution in [0.4, 0.5) is 5.69 Å². The topological polar surface area (TPSA) is 79.4 Å². The molecule has 1 fully saturated rings. The van der Waals surface area contributed by atoms with E-state index in [2.05, 4.69) is 10.3 Å². The van der Waals surface area contributed by atoms with E-state index in [1.165, 1.54) is 15.6 Å². The number of fused-ring (bicyclic) bond motifs is 1. The lowest BCUT2D eigenvalue weighted by molar-refractivity contribution is -0.119. The first kappa shape index (κ1) is 17.3. The molecule has 1 unspecified atom stereocenters. The van der Waals surface area contributed by atoms with Gasteiger partial charge in [-0.05, 0) is 37.5 Å². The van der Waals surface area contributed by atoms with Crippen molar-refractivity contribution in [3.05, 3.63) is 23.7 Å². The predicted molar refractivity (Wildman–Crippen MR) is 96.7 cm³/mol. The minimum atomic E-state index is -3.37. The van der Waals surface area contributed by atoms with Gasteiger partial charge in [0, 0.05) is 12.2 Å². The van der Waals surface area contributed by atoms with Crippen LogP contribution in [-0.4, -0.2) is 42.0 Å². The number of carbonyl (C=O) groups excluding carboxylic acids is 1. The Labute approximate surface area is 145 Å². The van der Waals surface area contributed by atoms with Gasteiger partial charge in [0.2, 0.25) is 15.9 Å². The summed E-state index contributed by atoms with van der Waals surface area (Å²) in [6.07, 6.45) is 2.73. The number of amides is 1. The van der Waals surface area contributed by atoms with Crippen molar-refractivity contribution in [3.8, 4) is 0 Å². The van der Waals surface area contributed by atoms with E-state index in [-0.39, 0.29) is 11.7 Å². The zero-order valence-corrected chi connectivity index (χ0v) is 15.2. The van der Waals surface area contributed by atoms with E-state index >= 15 is 0 Å². The molecule has 0 radical (unpaired) electrons. The van der Waals surface area contributed by atoms with E-state index in [1.54, 1.807) is 11.6 Å². The van der Waals surface area contributed by atoms with Gasteiger partial charge in [-0.3, -0.25) is 4.79 Å². The second-order valence-electron chi connectivity index (χ2n) is 5.96. The van der Waals surface area contributed by atoms with Crippen LogP contribution >= 0.6 is 11.3 Å². The number of carbonyl (C=O) groups is 1.